The maximum atomic E-state index is 8.14. The molecule has 0 rings (SSSR count). The average Bonchev–Trinajstić information content (AvgIpc) is 2.50. The zero-order valence-corrected chi connectivity index (χ0v) is 14.1. The Kier molecular flexibility index (Phi) is 18.2. The smallest absolute Gasteiger partial charge is 0.0257 e. The van der Waals surface area contributed by atoms with Crippen molar-refractivity contribution in [2.24, 2.45) is 5.11 Å². The van der Waals surface area contributed by atoms with E-state index in [1.807, 2.05) is 0 Å². The first-order valence-corrected chi connectivity index (χ1v) is 9.07. The van der Waals surface area contributed by atoms with Gasteiger partial charge in [0.05, 0.1) is 0 Å². The Hall–Kier alpha value is -0.950. The van der Waals surface area contributed by atoms with Gasteiger partial charge in [-0.15, -0.1) is 0 Å². The van der Waals surface area contributed by atoms with Gasteiger partial charge >= 0.3 is 0 Å². The van der Waals surface area contributed by atoms with Crippen LogP contribution in [0.25, 0.3) is 10.4 Å². The summed E-state index contributed by atoms with van der Waals surface area (Å²) in [6, 6.07) is 0. The van der Waals surface area contributed by atoms with Gasteiger partial charge in [0.25, 0.3) is 0 Å². The van der Waals surface area contributed by atoms with Gasteiger partial charge in [0.2, 0.25) is 0 Å². The van der Waals surface area contributed by atoms with E-state index in [1.165, 1.54) is 83.5 Å². The fourth-order valence-corrected chi connectivity index (χ4v) is 2.47. The number of azide groups is 1. The molecule has 0 amide bonds. The second kappa shape index (κ2) is 19.1. The maximum Gasteiger partial charge on any atom is 0.0257 e. The number of hydrogen-bond acceptors (Lipinski definition) is 1. The first kappa shape index (κ1) is 20.1. The highest BCUT2D eigenvalue weighted by Crippen LogP contribution is 2.10. The number of nitrogens with zero attached hydrogens (tertiary/aromatic N) is 3. The third-order valence-corrected chi connectivity index (χ3v) is 3.83. The summed E-state index contributed by atoms with van der Waals surface area (Å²) in [5.41, 5.74) is 8.14. The maximum absolute atomic E-state index is 8.14. The first-order chi connectivity index (χ1) is 10.4. The Balaban J connectivity index is 3.07. The summed E-state index contributed by atoms with van der Waals surface area (Å²) in [6.07, 6.45) is 23.1. The van der Waals surface area contributed by atoms with E-state index in [0.717, 1.165) is 6.42 Å². The number of unbranched alkanes of at least 4 members (excludes halogenated alkanes) is 12. The van der Waals surface area contributed by atoms with E-state index in [-0.39, 0.29) is 0 Å². The van der Waals surface area contributed by atoms with Crippen molar-refractivity contribution in [2.45, 2.75) is 96.8 Å². The van der Waals surface area contributed by atoms with Crippen LogP contribution < -0.4 is 0 Å². The summed E-state index contributed by atoms with van der Waals surface area (Å²) < 4.78 is 0. The summed E-state index contributed by atoms with van der Waals surface area (Å²) in [7, 11) is 0. The molecular formula is C18H35N3. The van der Waals surface area contributed by atoms with Gasteiger partial charge in [-0.2, -0.15) is 0 Å². The normalized spacial score (nSPS) is 10.9. The van der Waals surface area contributed by atoms with Crippen molar-refractivity contribution in [3.05, 3.63) is 22.6 Å². The zero-order chi connectivity index (χ0) is 15.4. The molecule has 0 unspecified atom stereocenters. The number of allylic oxidation sites excluding steroid dienone is 2. The molecule has 0 fully saturated rings. The molecule has 0 spiro atoms. The van der Waals surface area contributed by atoms with Crippen LogP contribution in [0.5, 0.6) is 0 Å². The molecule has 0 aromatic carbocycles. The van der Waals surface area contributed by atoms with Crippen molar-refractivity contribution in [3.8, 4) is 0 Å². The van der Waals surface area contributed by atoms with Crippen molar-refractivity contribution in [1.29, 1.82) is 0 Å². The molecule has 0 N–H and O–H groups in total. The van der Waals surface area contributed by atoms with Crippen molar-refractivity contribution in [1.82, 2.24) is 0 Å². The predicted molar refractivity (Wildman–Crippen MR) is 93.5 cm³/mol. The lowest BCUT2D eigenvalue weighted by atomic mass is 10.1. The molecule has 0 aliphatic heterocycles. The second-order valence-corrected chi connectivity index (χ2v) is 5.89. The number of rotatable bonds is 16. The lowest BCUT2D eigenvalue weighted by molar-refractivity contribution is 0.591. The average molecular weight is 293 g/mol. The molecule has 0 aliphatic rings. The van der Waals surface area contributed by atoms with Gasteiger partial charge in [0, 0.05) is 11.5 Å². The molecule has 0 heterocycles. The van der Waals surface area contributed by atoms with Crippen LogP contribution in [0.4, 0.5) is 0 Å². The Morgan fingerprint density at radius 2 is 1.19 bits per heavy atom. The van der Waals surface area contributed by atoms with Crippen LogP contribution >= 0.6 is 0 Å². The van der Waals surface area contributed by atoms with Gasteiger partial charge in [-0.1, -0.05) is 82.0 Å². The molecule has 0 saturated heterocycles. The van der Waals surface area contributed by atoms with Crippen LogP contribution in [0.15, 0.2) is 17.3 Å². The predicted octanol–water partition coefficient (Wildman–Crippen LogP) is 7.33. The molecule has 0 aromatic heterocycles. The molecule has 0 aliphatic carbocycles. The van der Waals surface area contributed by atoms with E-state index < -0.39 is 0 Å². The molecule has 0 aromatic rings. The van der Waals surface area contributed by atoms with Crippen molar-refractivity contribution in [2.75, 3.05) is 6.54 Å². The van der Waals surface area contributed by atoms with Crippen molar-refractivity contribution in [3.63, 3.8) is 0 Å². The molecule has 122 valence electrons. The van der Waals surface area contributed by atoms with Crippen LogP contribution in [0.2, 0.25) is 0 Å². The Morgan fingerprint density at radius 1 is 0.714 bits per heavy atom. The van der Waals surface area contributed by atoms with E-state index in [4.69, 9.17) is 5.53 Å². The lowest BCUT2D eigenvalue weighted by Gasteiger charge is -1.99. The second-order valence-electron chi connectivity index (χ2n) is 5.89. The van der Waals surface area contributed by atoms with Gasteiger partial charge in [0.1, 0.15) is 0 Å². The SMILES string of the molecule is CCCCCCCCCC=CCCCCCCCN=[N+]=[N-]. The van der Waals surface area contributed by atoms with Crippen LogP contribution in [-0.2, 0) is 0 Å². The largest absolute Gasteiger partial charge is 0.0940 e. The van der Waals surface area contributed by atoms with Crippen molar-refractivity contribution < 1.29 is 0 Å². The molecule has 0 radical (unpaired) electrons. The molecule has 21 heavy (non-hydrogen) atoms. The Bertz CT molecular complexity index is 268. The third kappa shape index (κ3) is 19.0. The van der Waals surface area contributed by atoms with E-state index >= 15 is 0 Å². The molecule has 0 atom stereocenters. The summed E-state index contributed by atoms with van der Waals surface area (Å²) in [5, 5.41) is 3.54. The van der Waals surface area contributed by atoms with Crippen LogP contribution in [0.3, 0.4) is 0 Å². The summed E-state index contributed by atoms with van der Waals surface area (Å²) >= 11 is 0. The highest BCUT2D eigenvalue weighted by molar-refractivity contribution is 4.81. The minimum absolute atomic E-state index is 0.662. The molecule has 0 saturated carbocycles. The minimum Gasteiger partial charge on any atom is -0.0940 e. The summed E-state index contributed by atoms with van der Waals surface area (Å²) in [4.78, 5) is 2.76. The first-order valence-electron chi connectivity index (χ1n) is 9.07. The summed E-state index contributed by atoms with van der Waals surface area (Å²) in [5.74, 6) is 0. The molecule has 3 heteroatoms. The summed E-state index contributed by atoms with van der Waals surface area (Å²) in [6.45, 7) is 2.93. The van der Waals surface area contributed by atoms with Gasteiger partial charge in [-0.05, 0) is 37.6 Å². The van der Waals surface area contributed by atoms with Crippen LogP contribution in [0, 0.1) is 0 Å². The molecule has 0 bridgehead atoms. The van der Waals surface area contributed by atoms with Crippen molar-refractivity contribution >= 4 is 0 Å². The van der Waals surface area contributed by atoms with Crippen LogP contribution in [0.1, 0.15) is 96.8 Å². The Morgan fingerprint density at radius 3 is 1.71 bits per heavy atom. The van der Waals surface area contributed by atoms with E-state index in [9.17, 15) is 0 Å². The van der Waals surface area contributed by atoms with E-state index in [0.29, 0.717) is 6.54 Å². The quantitative estimate of drug-likeness (QED) is 0.0939. The highest BCUT2D eigenvalue weighted by Gasteiger charge is 1.90. The lowest BCUT2D eigenvalue weighted by Crippen LogP contribution is -1.81. The fourth-order valence-electron chi connectivity index (χ4n) is 2.47. The zero-order valence-electron chi connectivity index (χ0n) is 14.1. The van der Waals surface area contributed by atoms with E-state index in [2.05, 4.69) is 29.1 Å². The van der Waals surface area contributed by atoms with Gasteiger partial charge < -0.3 is 0 Å². The highest BCUT2D eigenvalue weighted by atomic mass is 15.1. The third-order valence-electron chi connectivity index (χ3n) is 3.83. The number of hydrogen-bond donors (Lipinski definition) is 0. The van der Waals surface area contributed by atoms with Crippen LogP contribution in [-0.4, -0.2) is 6.54 Å². The molecular weight excluding hydrogens is 258 g/mol. The Labute approximate surface area is 131 Å². The van der Waals surface area contributed by atoms with E-state index in [1.54, 1.807) is 0 Å². The topological polar surface area (TPSA) is 48.8 Å². The van der Waals surface area contributed by atoms with Gasteiger partial charge in [-0.25, -0.2) is 0 Å². The fraction of sp³-hybridized carbons (Fsp3) is 0.889. The standard InChI is InChI=1S/C18H35N3/c1-2-3-4-5-6-7-8-9-10-11-12-13-14-15-16-17-18-20-21-19/h10-11H,2-9,12-18H2,1H3. The monoisotopic (exact) mass is 293 g/mol. The van der Waals surface area contributed by atoms with Gasteiger partial charge in [-0.3, -0.25) is 0 Å². The minimum atomic E-state index is 0.662. The molecule has 3 nitrogen and oxygen atoms in total. The van der Waals surface area contributed by atoms with Gasteiger partial charge in [0.15, 0.2) is 0 Å².